The third kappa shape index (κ3) is 4.71. The van der Waals surface area contributed by atoms with Gasteiger partial charge in [-0.3, -0.25) is 14.6 Å². The fourth-order valence-corrected chi connectivity index (χ4v) is 3.30. The van der Waals surface area contributed by atoms with Crippen LogP contribution in [0.25, 0.3) is 16.5 Å². The summed E-state index contributed by atoms with van der Waals surface area (Å²) in [6, 6.07) is 7.15. The number of amides is 1. The highest BCUT2D eigenvalue weighted by molar-refractivity contribution is 7.13. The van der Waals surface area contributed by atoms with Crippen LogP contribution in [0.2, 0.25) is 0 Å². The molecule has 0 aliphatic heterocycles. The molecule has 0 fully saturated rings. The molecule has 0 spiro atoms. The predicted octanol–water partition coefficient (Wildman–Crippen LogP) is 3.62. The lowest BCUT2D eigenvalue weighted by Gasteiger charge is -2.17. The Balaban J connectivity index is 2.04. The van der Waals surface area contributed by atoms with E-state index in [1.54, 1.807) is 17.4 Å². The lowest BCUT2D eigenvalue weighted by atomic mass is 9.92. The van der Waals surface area contributed by atoms with E-state index >= 15 is 0 Å². The summed E-state index contributed by atoms with van der Waals surface area (Å²) in [5.41, 5.74) is 0.978. The fourth-order valence-electron chi connectivity index (χ4n) is 2.62. The van der Waals surface area contributed by atoms with Crippen LogP contribution >= 0.6 is 11.3 Å². The molecule has 27 heavy (non-hydrogen) atoms. The van der Waals surface area contributed by atoms with Gasteiger partial charge in [-0.25, -0.2) is 4.98 Å². The number of aryl methyl sites for hydroxylation is 1. The molecule has 7 nitrogen and oxygen atoms in total. The number of H-pyrrole nitrogens is 1. The average molecular weight is 385 g/mol. The third-order valence-electron chi connectivity index (χ3n) is 3.79. The van der Waals surface area contributed by atoms with Gasteiger partial charge in [0.2, 0.25) is 11.9 Å². The molecule has 0 atom stereocenters. The summed E-state index contributed by atoms with van der Waals surface area (Å²) in [7, 11) is 0. The fraction of sp³-hybridized carbons (Fsp3) is 0.368. The lowest BCUT2D eigenvalue weighted by Crippen LogP contribution is -2.22. The van der Waals surface area contributed by atoms with E-state index in [0.29, 0.717) is 30.0 Å². The molecule has 0 bridgehead atoms. The van der Waals surface area contributed by atoms with Crippen molar-refractivity contribution < 1.29 is 4.79 Å². The molecule has 0 radical (unpaired) electrons. The largest absolute Gasteiger partial charge is 0.310 e. The summed E-state index contributed by atoms with van der Waals surface area (Å²) in [4.78, 5) is 32.6. The Hall–Kier alpha value is -2.74. The van der Waals surface area contributed by atoms with E-state index in [1.807, 2.05) is 45.2 Å². The maximum absolute atomic E-state index is 12.5. The normalized spacial score (nSPS) is 11.6. The van der Waals surface area contributed by atoms with Crippen LogP contribution in [-0.2, 0) is 11.2 Å². The van der Waals surface area contributed by atoms with Gasteiger partial charge in [0.15, 0.2) is 0 Å². The zero-order valence-electron chi connectivity index (χ0n) is 15.9. The molecular formula is C19H23N5O2S. The molecule has 0 aliphatic rings. The van der Waals surface area contributed by atoms with Crippen LogP contribution in [0.3, 0.4) is 0 Å². The van der Waals surface area contributed by atoms with E-state index in [1.165, 1.54) is 10.7 Å². The molecule has 3 heterocycles. The first-order valence-corrected chi connectivity index (χ1v) is 9.67. The van der Waals surface area contributed by atoms with Crippen molar-refractivity contribution in [2.45, 2.75) is 40.5 Å². The number of thiophene rings is 1. The highest BCUT2D eigenvalue weighted by Crippen LogP contribution is 2.28. The molecule has 3 aromatic heterocycles. The number of aromatic nitrogens is 4. The van der Waals surface area contributed by atoms with Crippen LogP contribution in [0.4, 0.5) is 5.82 Å². The highest BCUT2D eigenvalue weighted by Gasteiger charge is 2.20. The van der Waals surface area contributed by atoms with Crippen molar-refractivity contribution in [1.29, 1.82) is 0 Å². The van der Waals surface area contributed by atoms with Crippen molar-refractivity contribution >= 4 is 23.1 Å². The Morgan fingerprint density at radius 2 is 2.11 bits per heavy atom. The van der Waals surface area contributed by atoms with Gasteiger partial charge in [-0.15, -0.1) is 11.3 Å². The lowest BCUT2D eigenvalue weighted by molar-refractivity contribution is -0.117. The molecule has 2 N–H and O–H groups in total. The third-order valence-corrected chi connectivity index (χ3v) is 4.68. The Morgan fingerprint density at radius 3 is 2.74 bits per heavy atom. The van der Waals surface area contributed by atoms with Crippen LogP contribution in [0.15, 0.2) is 34.4 Å². The summed E-state index contributed by atoms with van der Waals surface area (Å²) in [6.07, 6.45) is 0.993. The van der Waals surface area contributed by atoms with Gasteiger partial charge in [0.1, 0.15) is 11.5 Å². The highest BCUT2D eigenvalue weighted by atomic mass is 32.1. The minimum Gasteiger partial charge on any atom is -0.310 e. The van der Waals surface area contributed by atoms with E-state index < -0.39 is 0 Å². The van der Waals surface area contributed by atoms with Gasteiger partial charge in [0, 0.05) is 24.2 Å². The zero-order valence-corrected chi connectivity index (χ0v) is 16.7. The maximum atomic E-state index is 12.5. The zero-order chi connectivity index (χ0) is 19.6. The number of hydrogen-bond acceptors (Lipinski definition) is 5. The van der Waals surface area contributed by atoms with Gasteiger partial charge >= 0.3 is 0 Å². The second kappa shape index (κ2) is 7.48. The molecule has 3 aromatic rings. The monoisotopic (exact) mass is 385 g/mol. The quantitative estimate of drug-likeness (QED) is 0.701. The van der Waals surface area contributed by atoms with Gasteiger partial charge in [-0.2, -0.15) is 9.78 Å². The first-order chi connectivity index (χ1) is 12.7. The van der Waals surface area contributed by atoms with E-state index in [4.69, 9.17) is 0 Å². The minimum atomic E-state index is -0.253. The smallest absolute Gasteiger partial charge is 0.252 e. The summed E-state index contributed by atoms with van der Waals surface area (Å²) >= 11 is 1.55. The molecule has 142 valence electrons. The standard InChI is InChI=1S/C19H23N5O2S/c1-5-12-9-16(25)22-18(20-12)24-15(21-17(26)11-19(2,3)4)10-13(23-24)14-7-6-8-27-14/h6-10H,5,11H2,1-4H3,(H,21,26)(H,20,22,25). The number of carbonyl (C=O) groups excluding carboxylic acids is 1. The molecule has 3 rings (SSSR count). The first-order valence-electron chi connectivity index (χ1n) is 8.79. The molecule has 0 saturated carbocycles. The minimum absolute atomic E-state index is 0.115. The molecule has 0 aromatic carbocycles. The Kier molecular flexibility index (Phi) is 5.27. The number of anilines is 1. The van der Waals surface area contributed by atoms with Crippen LogP contribution < -0.4 is 10.9 Å². The average Bonchev–Trinajstić information content (AvgIpc) is 3.21. The van der Waals surface area contributed by atoms with Crippen molar-refractivity contribution in [3.8, 4) is 16.5 Å². The molecule has 0 aliphatic carbocycles. The predicted molar refractivity (Wildman–Crippen MR) is 107 cm³/mol. The van der Waals surface area contributed by atoms with E-state index in [9.17, 15) is 9.59 Å². The van der Waals surface area contributed by atoms with Crippen LogP contribution in [-0.4, -0.2) is 25.7 Å². The van der Waals surface area contributed by atoms with Crippen molar-refractivity contribution in [1.82, 2.24) is 19.7 Å². The Bertz CT molecular complexity index is 996. The van der Waals surface area contributed by atoms with Gasteiger partial charge in [0.25, 0.3) is 5.56 Å². The molecule has 8 heteroatoms. The molecule has 0 unspecified atom stereocenters. The Morgan fingerprint density at radius 1 is 1.33 bits per heavy atom. The maximum Gasteiger partial charge on any atom is 0.252 e. The van der Waals surface area contributed by atoms with E-state index in [0.717, 1.165) is 4.88 Å². The van der Waals surface area contributed by atoms with Crippen LogP contribution in [0.1, 0.15) is 39.8 Å². The summed E-state index contributed by atoms with van der Waals surface area (Å²) in [5.74, 6) is 0.646. The van der Waals surface area contributed by atoms with Crippen molar-refractivity contribution in [3.05, 3.63) is 45.7 Å². The van der Waals surface area contributed by atoms with Crippen LogP contribution in [0, 0.1) is 5.41 Å². The van der Waals surface area contributed by atoms with Gasteiger partial charge in [0.05, 0.1) is 4.88 Å². The van der Waals surface area contributed by atoms with Gasteiger partial charge in [-0.1, -0.05) is 33.8 Å². The van der Waals surface area contributed by atoms with Crippen molar-refractivity contribution in [2.75, 3.05) is 5.32 Å². The number of aromatic amines is 1. The summed E-state index contributed by atoms with van der Waals surface area (Å²) in [6.45, 7) is 7.94. The van der Waals surface area contributed by atoms with Gasteiger partial charge in [-0.05, 0) is 23.3 Å². The first kappa shape index (κ1) is 19.0. The van der Waals surface area contributed by atoms with E-state index in [-0.39, 0.29) is 22.8 Å². The topological polar surface area (TPSA) is 92.7 Å². The second-order valence-corrected chi connectivity index (χ2v) is 8.45. The SMILES string of the molecule is CCc1cc(=O)[nH]c(-n2nc(-c3cccs3)cc2NC(=O)CC(C)(C)C)n1. The molecule has 1 amide bonds. The van der Waals surface area contributed by atoms with Crippen LogP contribution in [0.5, 0.6) is 0 Å². The molecular weight excluding hydrogens is 362 g/mol. The number of nitrogens with zero attached hydrogens (tertiary/aromatic N) is 3. The Labute approximate surface area is 161 Å². The number of hydrogen-bond donors (Lipinski definition) is 2. The molecule has 0 saturated heterocycles. The van der Waals surface area contributed by atoms with Crippen molar-refractivity contribution in [2.24, 2.45) is 5.41 Å². The van der Waals surface area contributed by atoms with E-state index in [2.05, 4.69) is 20.4 Å². The summed E-state index contributed by atoms with van der Waals surface area (Å²) < 4.78 is 1.48. The van der Waals surface area contributed by atoms with Crippen molar-refractivity contribution in [3.63, 3.8) is 0 Å². The second-order valence-electron chi connectivity index (χ2n) is 7.50. The number of carbonyl (C=O) groups is 1. The summed E-state index contributed by atoms with van der Waals surface area (Å²) in [5, 5.41) is 9.44. The van der Waals surface area contributed by atoms with Gasteiger partial charge < -0.3 is 5.32 Å². The number of nitrogens with one attached hydrogen (secondary N) is 2. The number of rotatable bonds is 5.